The van der Waals surface area contributed by atoms with Gasteiger partial charge in [0.15, 0.2) is 0 Å². The summed E-state index contributed by atoms with van der Waals surface area (Å²) in [6.07, 6.45) is 2.31. The molecule has 1 N–H and O–H groups in total. The van der Waals surface area contributed by atoms with Crippen molar-refractivity contribution in [2.24, 2.45) is 5.41 Å². The van der Waals surface area contributed by atoms with E-state index in [1.807, 2.05) is 17.2 Å². The molecule has 1 amide bonds. The van der Waals surface area contributed by atoms with Crippen LogP contribution < -0.4 is 0 Å². The number of hydrogen-bond donors (Lipinski definition) is 1. The van der Waals surface area contributed by atoms with Crippen LogP contribution in [0.1, 0.15) is 61.2 Å². The lowest BCUT2D eigenvalue weighted by Gasteiger charge is -2.56. The third kappa shape index (κ3) is 2.83. The van der Waals surface area contributed by atoms with Crippen LogP contribution >= 0.6 is 11.3 Å². The van der Waals surface area contributed by atoms with E-state index in [2.05, 4.69) is 19.9 Å². The lowest BCUT2D eigenvalue weighted by atomic mass is 9.58. The molecule has 2 fully saturated rings. The summed E-state index contributed by atoms with van der Waals surface area (Å²) in [6.45, 7) is 8.38. The van der Waals surface area contributed by atoms with Crippen LogP contribution in [0.15, 0.2) is 11.4 Å². The number of carbonyl (C=O) groups excluding carboxylic acids is 1. The van der Waals surface area contributed by atoms with Gasteiger partial charge in [0.25, 0.3) is 5.91 Å². The largest absolute Gasteiger partial charge is 0.392 e. The highest BCUT2D eigenvalue weighted by Crippen LogP contribution is 2.51. The predicted octanol–water partition coefficient (Wildman–Crippen LogP) is 3.26. The van der Waals surface area contributed by atoms with Crippen molar-refractivity contribution in [1.29, 1.82) is 0 Å². The third-order valence-electron chi connectivity index (χ3n) is 5.60. The number of piperidine rings is 1. The summed E-state index contributed by atoms with van der Waals surface area (Å²) in [5, 5.41) is 12.3. The minimum Gasteiger partial charge on any atom is -0.392 e. The highest BCUT2D eigenvalue weighted by molar-refractivity contribution is 7.12. The van der Waals surface area contributed by atoms with Crippen molar-refractivity contribution in [2.75, 3.05) is 19.7 Å². The van der Waals surface area contributed by atoms with Crippen LogP contribution in [0, 0.1) is 5.41 Å². The molecule has 1 aromatic heterocycles. The molecule has 2 unspecified atom stereocenters. The Bertz CT molecular complexity index is 558. The standard InChI is InChI=1S/C18H27NO3S/c1-4-22-15-11-14(20)18(15)6-8-19(9-7-18)17(21)16-13(12(2)3)5-10-23-16/h5,10,12,14-15,20H,4,6-9,11H2,1-3H3. The first kappa shape index (κ1) is 16.9. The number of aliphatic hydroxyl groups excluding tert-OH is 1. The van der Waals surface area contributed by atoms with Crippen LogP contribution in [0.2, 0.25) is 0 Å². The second-order valence-electron chi connectivity index (χ2n) is 7.08. The topological polar surface area (TPSA) is 49.8 Å². The highest BCUT2D eigenvalue weighted by Gasteiger charge is 2.56. The molecule has 3 rings (SSSR count). The number of thiophene rings is 1. The molecular weight excluding hydrogens is 310 g/mol. The average Bonchev–Trinajstić information content (AvgIpc) is 3.04. The molecule has 1 aliphatic heterocycles. The van der Waals surface area contributed by atoms with E-state index in [9.17, 15) is 9.90 Å². The highest BCUT2D eigenvalue weighted by atomic mass is 32.1. The maximum Gasteiger partial charge on any atom is 0.264 e. The van der Waals surface area contributed by atoms with Crippen molar-refractivity contribution < 1.29 is 14.6 Å². The van der Waals surface area contributed by atoms with Crippen molar-refractivity contribution in [3.63, 3.8) is 0 Å². The molecule has 0 aromatic carbocycles. The Balaban J connectivity index is 1.67. The quantitative estimate of drug-likeness (QED) is 0.917. The van der Waals surface area contributed by atoms with Crippen molar-refractivity contribution in [3.05, 3.63) is 21.9 Å². The predicted molar refractivity (Wildman–Crippen MR) is 92.0 cm³/mol. The van der Waals surface area contributed by atoms with Gasteiger partial charge in [-0.15, -0.1) is 11.3 Å². The molecule has 1 aromatic rings. The number of rotatable bonds is 4. The first-order chi connectivity index (χ1) is 11.0. The molecule has 4 nitrogen and oxygen atoms in total. The van der Waals surface area contributed by atoms with Crippen molar-refractivity contribution in [2.45, 2.75) is 58.2 Å². The van der Waals surface area contributed by atoms with Crippen molar-refractivity contribution in [1.82, 2.24) is 4.90 Å². The zero-order valence-electron chi connectivity index (χ0n) is 14.2. The number of aliphatic hydroxyl groups is 1. The zero-order valence-corrected chi connectivity index (χ0v) is 15.1. The Hall–Kier alpha value is -0.910. The molecule has 1 saturated carbocycles. The second kappa shape index (κ2) is 6.54. The van der Waals surface area contributed by atoms with Gasteiger partial charge in [0.1, 0.15) is 0 Å². The van der Waals surface area contributed by atoms with Crippen LogP contribution in [-0.4, -0.2) is 47.8 Å². The minimum atomic E-state index is -0.274. The summed E-state index contributed by atoms with van der Waals surface area (Å²) < 4.78 is 5.80. The Morgan fingerprint density at radius 1 is 1.48 bits per heavy atom. The molecule has 2 aliphatic rings. The number of hydrogen-bond acceptors (Lipinski definition) is 4. The lowest BCUT2D eigenvalue weighted by Crippen LogP contribution is -2.62. The summed E-state index contributed by atoms with van der Waals surface area (Å²) in [7, 11) is 0. The van der Waals surface area contributed by atoms with E-state index < -0.39 is 0 Å². The summed E-state index contributed by atoms with van der Waals surface area (Å²) in [6, 6.07) is 2.06. The van der Waals surface area contributed by atoms with Gasteiger partial charge in [0.2, 0.25) is 0 Å². The van der Waals surface area contributed by atoms with Crippen LogP contribution in [0.3, 0.4) is 0 Å². The molecular formula is C18H27NO3S. The molecule has 1 saturated heterocycles. The Morgan fingerprint density at radius 2 is 2.17 bits per heavy atom. The van der Waals surface area contributed by atoms with Gasteiger partial charge >= 0.3 is 0 Å². The van der Waals surface area contributed by atoms with Crippen molar-refractivity contribution in [3.8, 4) is 0 Å². The molecule has 0 radical (unpaired) electrons. The number of nitrogens with zero attached hydrogens (tertiary/aromatic N) is 1. The lowest BCUT2D eigenvalue weighted by molar-refractivity contribution is -0.207. The molecule has 2 atom stereocenters. The van der Waals surface area contributed by atoms with E-state index >= 15 is 0 Å². The van der Waals surface area contributed by atoms with Gasteiger partial charge in [-0.2, -0.15) is 0 Å². The van der Waals surface area contributed by atoms with E-state index in [1.165, 1.54) is 0 Å². The maximum absolute atomic E-state index is 12.8. The Labute approximate surface area is 142 Å². The van der Waals surface area contributed by atoms with E-state index in [-0.39, 0.29) is 23.5 Å². The van der Waals surface area contributed by atoms with Crippen LogP contribution in [-0.2, 0) is 4.74 Å². The minimum absolute atomic E-state index is 0.122. The van der Waals surface area contributed by atoms with Gasteiger partial charge in [-0.25, -0.2) is 0 Å². The maximum atomic E-state index is 12.8. The van der Waals surface area contributed by atoms with Crippen LogP contribution in [0.4, 0.5) is 0 Å². The monoisotopic (exact) mass is 337 g/mol. The van der Waals surface area contributed by atoms with E-state index in [1.54, 1.807) is 11.3 Å². The van der Waals surface area contributed by atoms with Gasteiger partial charge in [0.05, 0.1) is 17.1 Å². The Kier molecular flexibility index (Phi) is 4.81. The van der Waals surface area contributed by atoms with E-state index in [0.717, 1.165) is 42.8 Å². The molecule has 128 valence electrons. The van der Waals surface area contributed by atoms with E-state index in [4.69, 9.17) is 4.74 Å². The smallest absolute Gasteiger partial charge is 0.264 e. The van der Waals surface area contributed by atoms with Gasteiger partial charge in [-0.3, -0.25) is 4.79 Å². The van der Waals surface area contributed by atoms with Gasteiger partial charge in [-0.05, 0) is 42.7 Å². The second-order valence-corrected chi connectivity index (χ2v) is 8.00. The Morgan fingerprint density at radius 3 is 2.74 bits per heavy atom. The summed E-state index contributed by atoms with van der Waals surface area (Å²) in [5.41, 5.74) is 1.03. The van der Waals surface area contributed by atoms with Gasteiger partial charge < -0.3 is 14.7 Å². The van der Waals surface area contributed by atoms with Crippen LogP contribution in [0.5, 0.6) is 0 Å². The number of amides is 1. The first-order valence-electron chi connectivity index (χ1n) is 8.66. The molecule has 0 bridgehead atoms. The number of likely N-dealkylation sites (tertiary alicyclic amines) is 1. The van der Waals surface area contributed by atoms with Gasteiger partial charge in [0, 0.05) is 31.5 Å². The molecule has 1 spiro atoms. The SMILES string of the molecule is CCOC1CC(O)C12CCN(C(=O)c1sccc1C(C)C)CC2. The van der Waals surface area contributed by atoms with Crippen LogP contribution in [0.25, 0.3) is 0 Å². The molecule has 2 heterocycles. The fourth-order valence-electron chi connectivity index (χ4n) is 4.03. The first-order valence-corrected chi connectivity index (χ1v) is 9.54. The van der Waals surface area contributed by atoms with Gasteiger partial charge in [-0.1, -0.05) is 13.8 Å². The van der Waals surface area contributed by atoms with E-state index in [0.29, 0.717) is 12.5 Å². The summed E-state index contributed by atoms with van der Waals surface area (Å²) in [4.78, 5) is 15.7. The fourth-order valence-corrected chi connectivity index (χ4v) is 5.05. The molecule has 5 heteroatoms. The van der Waals surface area contributed by atoms with Crippen molar-refractivity contribution >= 4 is 17.2 Å². The normalized spacial score (nSPS) is 26.6. The fraction of sp³-hybridized carbons (Fsp3) is 0.722. The molecule has 23 heavy (non-hydrogen) atoms. The number of ether oxygens (including phenoxy) is 1. The summed E-state index contributed by atoms with van der Waals surface area (Å²) in [5.74, 6) is 0.521. The molecule has 1 aliphatic carbocycles. The third-order valence-corrected chi connectivity index (χ3v) is 6.52. The summed E-state index contributed by atoms with van der Waals surface area (Å²) >= 11 is 1.54. The average molecular weight is 337 g/mol. The number of carbonyl (C=O) groups is 1. The zero-order chi connectivity index (χ0) is 16.6.